The molecule has 0 aliphatic heterocycles. The van der Waals surface area contributed by atoms with Gasteiger partial charge in [-0.05, 0) is 36.8 Å². The summed E-state index contributed by atoms with van der Waals surface area (Å²) in [5.41, 5.74) is 0.684. The van der Waals surface area contributed by atoms with Gasteiger partial charge in [0.05, 0.1) is 6.10 Å². The Morgan fingerprint density at radius 2 is 1.92 bits per heavy atom. The van der Waals surface area contributed by atoms with Gasteiger partial charge in [-0.15, -0.1) is 0 Å². The maximum atomic E-state index is 10.8. The molecule has 24 heavy (non-hydrogen) atoms. The van der Waals surface area contributed by atoms with Crippen LogP contribution >= 0.6 is 0 Å². The van der Waals surface area contributed by atoms with Crippen molar-refractivity contribution in [1.82, 2.24) is 0 Å². The predicted molar refractivity (Wildman–Crippen MR) is 92.0 cm³/mol. The van der Waals surface area contributed by atoms with E-state index in [0.29, 0.717) is 30.4 Å². The van der Waals surface area contributed by atoms with Crippen molar-refractivity contribution in [2.24, 2.45) is 0 Å². The van der Waals surface area contributed by atoms with Crippen molar-refractivity contribution >= 4 is 16.7 Å². The van der Waals surface area contributed by atoms with Gasteiger partial charge in [-0.3, -0.25) is 0 Å². The third-order valence-corrected chi connectivity index (χ3v) is 3.86. The molecular formula is C19H22O5. The Bertz CT molecular complexity index is 723. The van der Waals surface area contributed by atoms with Gasteiger partial charge in [0, 0.05) is 18.1 Å². The molecular weight excluding hydrogens is 308 g/mol. The van der Waals surface area contributed by atoms with Crippen molar-refractivity contribution < 1.29 is 24.9 Å². The second-order valence-electron chi connectivity index (χ2n) is 5.48. The summed E-state index contributed by atoms with van der Waals surface area (Å²) in [6.45, 7) is 2.29. The molecule has 2 rings (SSSR count). The number of hydrogen-bond donors (Lipinski definition) is 3. The Kier molecular flexibility index (Phi) is 6.35. The van der Waals surface area contributed by atoms with Crippen molar-refractivity contribution in [1.29, 1.82) is 0 Å². The van der Waals surface area contributed by atoms with Crippen molar-refractivity contribution in [3.63, 3.8) is 0 Å². The zero-order valence-electron chi connectivity index (χ0n) is 13.6. The average molecular weight is 330 g/mol. The maximum absolute atomic E-state index is 10.8. The number of aromatic hydroxyl groups is 1. The van der Waals surface area contributed by atoms with E-state index in [1.165, 1.54) is 0 Å². The van der Waals surface area contributed by atoms with Crippen molar-refractivity contribution in [3.8, 4) is 5.75 Å². The number of phenols is 1. The first-order chi connectivity index (χ1) is 11.5. The smallest absolute Gasteiger partial charge is 0.327 e. The quantitative estimate of drug-likeness (QED) is 0.646. The Hall–Kier alpha value is -2.37. The number of hydrogen-bond acceptors (Lipinski definition) is 4. The number of allylic oxidation sites excluding steroid dienone is 1. The lowest BCUT2D eigenvalue weighted by Gasteiger charge is -2.24. The van der Waals surface area contributed by atoms with Crippen LogP contribution in [0.2, 0.25) is 0 Å². The van der Waals surface area contributed by atoms with Crippen LogP contribution in [0.1, 0.15) is 31.4 Å². The van der Waals surface area contributed by atoms with Crippen LogP contribution in [0.5, 0.6) is 5.75 Å². The topological polar surface area (TPSA) is 87.0 Å². The number of fused-ring (bicyclic) bond motifs is 1. The second-order valence-corrected chi connectivity index (χ2v) is 5.48. The lowest BCUT2D eigenvalue weighted by Crippen LogP contribution is -2.22. The minimum Gasteiger partial charge on any atom is -0.507 e. The Morgan fingerprint density at radius 3 is 2.58 bits per heavy atom. The second kappa shape index (κ2) is 8.47. The molecule has 128 valence electrons. The number of benzene rings is 2. The van der Waals surface area contributed by atoms with E-state index >= 15 is 0 Å². The fraction of sp³-hybridized carbons (Fsp3) is 0.316. The van der Waals surface area contributed by atoms with Crippen molar-refractivity contribution in [3.05, 3.63) is 54.1 Å². The summed E-state index contributed by atoms with van der Waals surface area (Å²) < 4.78 is 5.65. The summed E-state index contributed by atoms with van der Waals surface area (Å²) >= 11 is 0. The molecule has 0 bridgehead atoms. The summed E-state index contributed by atoms with van der Waals surface area (Å²) in [7, 11) is 0. The van der Waals surface area contributed by atoms with Crippen LogP contribution in [0, 0.1) is 0 Å². The number of carboxylic acids is 1. The van der Waals surface area contributed by atoms with E-state index in [4.69, 9.17) is 9.84 Å². The fourth-order valence-electron chi connectivity index (χ4n) is 2.76. The highest BCUT2D eigenvalue weighted by Crippen LogP contribution is 2.33. The van der Waals surface area contributed by atoms with Crippen LogP contribution in [0.15, 0.2) is 48.6 Å². The number of phenolic OH excluding ortho intramolecular Hbond substituents is 1. The van der Waals surface area contributed by atoms with Gasteiger partial charge in [0.25, 0.3) is 0 Å². The minimum atomic E-state index is -0.993. The van der Waals surface area contributed by atoms with E-state index in [0.717, 1.165) is 11.5 Å². The molecule has 0 radical (unpaired) electrons. The molecule has 2 atom stereocenters. The normalized spacial score (nSPS) is 14.1. The Labute approximate surface area is 140 Å². The van der Waals surface area contributed by atoms with Crippen LogP contribution in [0.4, 0.5) is 0 Å². The summed E-state index contributed by atoms with van der Waals surface area (Å²) in [6, 6.07) is 10.6. The Morgan fingerprint density at radius 1 is 1.21 bits per heavy atom. The van der Waals surface area contributed by atoms with E-state index in [1.807, 2.05) is 25.1 Å². The molecule has 0 aliphatic carbocycles. The molecule has 3 N–H and O–H groups in total. The number of aliphatic hydroxyl groups is 1. The molecule has 0 unspecified atom stereocenters. The Balaban J connectivity index is 2.24. The number of aliphatic carboxylic acids is 1. The molecule has 2 aromatic carbocycles. The highest BCUT2D eigenvalue weighted by molar-refractivity contribution is 5.91. The lowest BCUT2D eigenvalue weighted by molar-refractivity contribution is -0.131. The van der Waals surface area contributed by atoms with Gasteiger partial charge in [-0.1, -0.05) is 36.4 Å². The molecule has 0 heterocycles. The van der Waals surface area contributed by atoms with Crippen LogP contribution in [-0.2, 0) is 9.53 Å². The van der Waals surface area contributed by atoms with Crippen molar-refractivity contribution in [2.45, 2.75) is 32.0 Å². The lowest BCUT2D eigenvalue weighted by atomic mass is 9.95. The summed E-state index contributed by atoms with van der Waals surface area (Å²) in [6.07, 6.45) is 2.30. The van der Waals surface area contributed by atoms with E-state index in [-0.39, 0.29) is 5.75 Å². The summed E-state index contributed by atoms with van der Waals surface area (Å²) in [4.78, 5) is 10.5. The van der Waals surface area contributed by atoms with Crippen LogP contribution < -0.4 is 0 Å². The number of rotatable bonds is 8. The minimum absolute atomic E-state index is 0.166. The molecule has 0 aliphatic rings. The summed E-state index contributed by atoms with van der Waals surface area (Å²) in [5, 5.41) is 30.8. The molecule has 5 heteroatoms. The SMILES string of the molecule is CCO[C@@H](CC/C=C/C(=O)O)[C@@H](O)c1ccc(O)c2ccccc12. The van der Waals surface area contributed by atoms with E-state index in [2.05, 4.69) is 0 Å². The molecule has 2 aromatic rings. The highest BCUT2D eigenvalue weighted by atomic mass is 16.5. The fourth-order valence-corrected chi connectivity index (χ4v) is 2.76. The number of carboxylic acid groups (broad SMARTS) is 1. The van der Waals surface area contributed by atoms with Crippen LogP contribution in [0.25, 0.3) is 10.8 Å². The van der Waals surface area contributed by atoms with E-state index < -0.39 is 18.2 Å². The number of aliphatic hydroxyl groups excluding tert-OH is 1. The summed E-state index contributed by atoms with van der Waals surface area (Å²) in [5.74, 6) is -0.827. The maximum Gasteiger partial charge on any atom is 0.327 e. The number of carbonyl (C=O) groups is 1. The highest BCUT2D eigenvalue weighted by Gasteiger charge is 2.23. The molecule has 0 aromatic heterocycles. The first kappa shape index (κ1) is 18.0. The van der Waals surface area contributed by atoms with Gasteiger partial charge < -0.3 is 20.1 Å². The standard InChI is InChI=1S/C19H22O5/c1-2-24-17(9-5-6-10-18(21)22)19(23)15-11-12-16(20)14-8-4-3-7-13(14)15/h3-4,6-8,10-12,17,19-20,23H,2,5,9H2,1H3,(H,21,22)/b10-6+/t17-,19-/m0/s1. The first-order valence-electron chi connectivity index (χ1n) is 7.94. The van der Waals surface area contributed by atoms with Gasteiger partial charge in [-0.2, -0.15) is 0 Å². The van der Waals surface area contributed by atoms with Gasteiger partial charge >= 0.3 is 5.97 Å². The van der Waals surface area contributed by atoms with Crippen LogP contribution in [-0.4, -0.2) is 34.0 Å². The zero-order valence-corrected chi connectivity index (χ0v) is 13.6. The van der Waals surface area contributed by atoms with E-state index in [1.54, 1.807) is 24.3 Å². The van der Waals surface area contributed by atoms with Gasteiger partial charge in [0.2, 0.25) is 0 Å². The van der Waals surface area contributed by atoms with Gasteiger partial charge in [-0.25, -0.2) is 4.79 Å². The molecule has 0 saturated heterocycles. The third kappa shape index (κ3) is 4.34. The van der Waals surface area contributed by atoms with Gasteiger partial charge in [0.15, 0.2) is 0 Å². The predicted octanol–water partition coefficient (Wildman–Crippen LogP) is 3.40. The average Bonchev–Trinajstić information content (AvgIpc) is 2.57. The monoisotopic (exact) mass is 330 g/mol. The molecule has 0 fully saturated rings. The molecule has 5 nitrogen and oxygen atoms in total. The molecule has 0 amide bonds. The molecule has 0 spiro atoms. The number of ether oxygens (including phenoxy) is 1. The molecule has 0 saturated carbocycles. The largest absolute Gasteiger partial charge is 0.507 e. The third-order valence-electron chi connectivity index (χ3n) is 3.86. The van der Waals surface area contributed by atoms with Crippen LogP contribution in [0.3, 0.4) is 0 Å². The van der Waals surface area contributed by atoms with E-state index in [9.17, 15) is 15.0 Å². The zero-order chi connectivity index (χ0) is 17.5. The van der Waals surface area contributed by atoms with Crippen molar-refractivity contribution in [2.75, 3.05) is 6.61 Å². The first-order valence-corrected chi connectivity index (χ1v) is 7.94. The van der Waals surface area contributed by atoms with Gasteiger partial charge in [0.1, 0.15) is 11.9 Å².